The molecule has 3 nitrogen and oxygen atoms in total. The van der Waals surface area contributed by atoms with Crippen molar-refractivity contribution < 1.29 is 4.74 Å². The van der Waals surface area contributed by atoms with Crippen molar-refractivity contribution in [2.24, 2.45) is 0 Å². The number of ether oxygens (including phenoxy) is 1. The van der Waals surface area contributed by atoms with Crippen LogP contribution in [-0.4, -0.2) is 4.98 Å². The fourth-order valence-electron chi connectivity index (χ4n) is 2.02. The van der Waals surface area contributed by atoms with E-state index in [1.54, 1.807) is 6.20 Å². The molecule has 0 radical (unpaired) electrons. The highest BCUT2D eigenvalue weighted by Gasteiger charge is 2.08. The Morgan fingerprint density at radius 1 is 1.21 bits per heavy atom. The van der Waals surface area contributed by atoms with Crippen LogP contribution in [0, 0.1) is 13.8 Å². The minimum absolute atomic E-state index is 0.452. The average molecular weight is 256 g/mol. The van der Waals surface area contributed by atoms with Crippen molar-refractivity contribution in [2.45, 2.75) is 33.8 Å². The molecule has 1 aromatic heterocycles. The molecule has 1 heterocycles. The summed E-state index contributed by atoms with van der Waals surface area (Å²) in [7, 11) is 0. The van der Waals surface area contributed by atoms with Crippen LogP contribution >= 0.6 is 0 Å². The zero-order valence-corrected chi connectivity index (χ0v) is 11.7. The van der Waals surface area contributed by atoms with Gasteiger partial charge in [-0.3, -0.25) is 4.98 Å². The summed E-state index contributed by atoms with van der Waals surface area (Å²) in [6, 6.07) is 8.09. The normalized spacial score (nSPS) is 10.5. The van der Waals surface area contributed by atoms with Gasteiger partial charge in [0.05, 0.1) is 5.69 Å². The lowest BCUT2D eigenvalue weighted by atomic mass is 10.1. The minimum Gasteiger partial charge on any atom is -0.487 e. The molecule has 0 amide bonds. The van der Waals surface area contributed by atoms with Crippen molar-refractivity contribution in [3.8, 4) is 5.75 Å². The maximum Gasteiger partial charge on any atom is 0.131 e. The van der Waals surface area contributed by atoms with Crippen molar-refractivity contribution in [3.63, 3.8) is 0 Å². The summed E-state index contributed by atoms with van der Waals surface area (Å²) in [6.07, 6.45) is 2.76. The van der Waals surface area contributed by atoms with Gasteiger partial charge in [-0.2, -0.15) is 0 Å². The van der Waals surface area contributed by atoms with Crippen LogP contribution < -0.4 is 10.5 Å². The van der Waals surface area contributed by atoms with Crippen molar-refractivity contribution in [1.82, 2.24) is 4.98 Å². The molecule has 0 aliphatic carbocycles. The topological polar surface area (TPSA) is 48.1 Å². The molecule has 0 spiro atoms. The van der Waals surface area contributed by atoms with E-state index in [9.17, 15) is 0 Å². The lowest BCUT2D eigenvalue weighted by Gasteiger charge is -2.13. The lowest BCUT2D eigenvalue weighted by Crippen LogP contribution is -2.06. The van der Waals surface area contributed by atoms with Gasteiger partial charge in [-0.25, -0.2) is 0 Å². The highest BCUT2D eigenvalue weighted by molar-refractivity contribution is 5.53. The van der Waals surface area contributed by atoms with E-state index < -0.39 is 0 Å². The summed E-state index contributed by atoms with van der Waals surface area (Å²) in [5, 5.41) is 0. The number of hydrogen-bond donors (Lipinski definition) is 1. The third-order valence-electron chi connectivity index (χ3n) is 3.39. The van der Waals surface area contributed by atoms with Gasteiger partial charge in [0.2, 0.25) is 0 Å². The standard InChI is InChI=1S/C16H20N2O/c1-4-13-7-5-6-8-15(13)19-10-14-12(3)16(17)11(2)9-18-14/h5-9H,4,10H2,1-3H3,(H2,17,18). The van der Waals surface area contributed by atoms with Gasteiger partial charge in [0.15, 0.2) is 0 Å². The van der Waals surface area contributed by atoms with Gasteiger partial charge in [0, 0.05) is 11.9 Å². The second-order valence-electron chi connectivity index (χ2n) is 4.68. The van der Waals surface area contributed by atoms with Crippen LogP contribution in [0.15, 0.2) is 30.5 Å². The third kappa shape index (κ3) is 2.87. The van der Waals surface area contributed by atoms with Gasteiger partial charge in [-0.1, -0.05) is 25.1 Å². The van der Waals surface area contributed by atoms with E-state index in [4.69, 9.17) is 10.5 Å². The van der Waals surface area contributed by atoms with Crippen molar-refractivity contribution in [2.75, 3.05) is 5.73 Å². The molecule has 0 aliphatic heterocycles. The number of aryl methyl sites for hydroxylation is 2. The highest BCUT2D eigenvalue weighted by atomic mass is 16.5. The number of nitrogen functional groups attached to an aromatic ring is 1. The quantitative estimate of drug-likeness (QED) is 0.911. The van der Waals surface area contributed by atoms with Crippen molar-refractivity contribution in [1.29, 1.82) is 0 Å². The van der Waals surface area contributed by atoms with Crippen LogP contribution in [0.25, 0.3) is 0 Å². The van der Waals surface area contributed by atoms with Crippen LogP contribution in [0.4, 0.5) is 5.69 Å². The number of hydrogen-bond acceptors (Lipinski definition) is 3. The lowest BCUT2D eigenvalue weighted by molar-refractivity contribution is 0.297. The zero-order chi connectivity index (χ0) is 13.8. The van der Waals surface area contributed by atoms with Crippen LogP contribution in [-0.2, 0) is 13.0 Å². The maximum atomic E-state index is 6.01. The van der Waals surface area contributed by atoms with E-state index in [0.29, 0.717) is 6.61 Å². The SMILES string of the molecule is CCc1ccccc1OCc1ncc(C)c(N)c1C. The first-order valence-electron chi connectivity index (χ1n) is 6.54. The number of rotatable bonds is 4. The van der Waals surface area contributed by atoms with Gasteiger partial charge in [0.1, 0.15) is 12.4 Å². The predicted molar refractivity (Wildman–Crippen MR) is 78.3 cm³/mol. The second-order valence-corrected chi connectivity index (χ2v) is 4.68. The first-order valence-corrected chi connectivity index (χ1v) is 6.54. The van der Waals surface area contributed by atoms with Crippen LogP contribution in [0.5, 0.6) is 5.75 Å². The Balaban J connectivity index is 2.17. The molecule has 100 valence electrons. The maximum absolute atomic E-state index is 6.01. The summed E-state index contributed by atoms with van der Waals surface area (Å²) in [4.78, 5) is 4.40. The van der Waals surface area contributed by atoms with E-state index in [2.05, 4.69) is 18.0 Å². The number of nitrogens with zero attached hydrogens (tertiary/aromatic N) is 1. The molecule has 0 saturated carbocycles. The molecule has 2 aromatic rings. The largest absolute Gasteiger partial charge is 0.487 e. The summed E-state index contributed by atoms with van der Waals surface area (Å²) in [6.45, 7) is 6.52. The molecule has 2 N–H and O–H groups in total. The van der Waals surface area contributed by atoms with Gasteiger partial charge < -0.3 is 10.5 Å². The van der Waals surface area contributed by atoms with Gasteiger partial charge in [0.25, 0.3) is 0 Å². The monoisotopic (exact) mass is 256 g/mol. The van der Waals surface area contributed by atoms with E-state index in [1.165, 1.54) is 5.56 Å². The molecule has 0 aliphatic rings. The van der Waals surface area contributed by atoms with E-state index in [1.807, 2.05) is 32.0 Å². The van der Waals surface area contributed by atoms with E-state index >= 15 is 0 Å². The van der Waals surface area contributed by atoms with E-state index in [0.717, 1.165) is 34.7 Å². The number of para-hydroxylation sites is 1. The number of aromatic nitrogens is 1. The fourth-order valence-corrected chi connectivity index (χ4v) is 2.02. The Morgan fingerprint density at radius 2 is 1.95 bits per heavy atom. The fraction of sp³-hybridized carbons (Fsp3) is 0.312. The molecular formula is C16H20N2O. The Kier molecular flexibility index (Phi) is 4.05. The number of nitrogens with two attached hydrogens (primary N) is 1. The Labute approximate surface area is 114 Å². The molecule has 3 heteroatoms. The highest BCUT2D eigenvalue weighted by Crippen LogP contribution is 2.22. The molecule has 2 rings (SSSR count). The van der Waals surface area contributed by atoms with Crippen LogP contribution in [0.2, 0.25) is 0 Å². The smallest absolute Gasteiger partial charge is 0.131 e. The molecule has 0 unspecified atom stereocenters. The summed E-state index contributed by atoms with van der Waals surface area (Å²) >= 11 is 0. The van der Waals surface area contributed by atoms with Gasteiger partial charge >= 0.3 is 0 Å². The number of anilines is 1. The second kappa shape index (κ2) is 5.74. The number of benzene rings is 1. The molecule has 0 atom stereocenters. The van der Waals surface area contributed by atoms with Gasteiger partial charge in [-0.05, 0) is 43.0 Å². The molecule has 19 heavy (non-hydrogen) atoms. The summed E-state index contributed by atoms with van der Waals surface area (Å²) in [5.74, 6) is 0.922. The summed E-state index contributed by atoms with van der Waals surface area (Å²) in [5.41, 5.74) is 10.9. The molecule has 0 fully saturated rings. The molecule has 0 saturated heterocycles. The zero-order valence-electron chi connectivity index (χ0n) is 11.7. The first kappa shape index (κ1) is 13.4. The minimum atomic E-state index is 0.452. The van der Waals surface area contributed by atoms with Crippen molar-refractivity contribution >= 4 is 5.69 Å². The van der Waals surface area contributed by atoms with Crippen LogP contribution in [0.3, 0.4) is 0 Å². The average Bonchev–Trinajstić information content (AvgIpc) is 2.44. The summed E-state index contributed by atoms with van der Waals surface area (Å²) < 4.78 is 5.87. The number of pyridine rings is 1. The first-order chi connectivity index (χ1) is 9.13. The predicted octanol–water partition coefficient (Wildman–Crippen LogP) is 3.42. The van der Waals surface area contributed by atoms with Crippen molar-refractivity contribution in [3.05, 3.63) is 52.8 Å². The molecule has 1 aromatic carbocycles. The van der Waals surface area contributed by atoms with Gasteiger partial charge in [-0.15, -0.1) is 0 Å². The third-order valence-corrected chi connectivity index (χ3v) is 3.39. The Hall–Kier alpha value is -2.03. The Bertz CT molecular complexity index is 579. The molecular weight excluding hydrogens is 236 g/mol. The molecule has 0 bridgehead atoms. The Morgan fingerprint density at radius 3 is 2.68 bits per heavy atom. The van der Waals surface area contributed by atoms with Crippen LogP contribution in [0.1, 0.15) is 29.3 Å². The van der Waals surface area contributed by atoms with E-state index in [-0.39, 0.29) is 0 Å².